The van der Waals surface area contributed by atoms with Gasteiger partial charge in [-0.25, -0.2) is 0 Å². The molecule has 4 heteroatoms. The largest absolute Gasteiger partial charge is 0.294 e. The van der Waals surface area contributed by atoms with E-state index < -0.39 is 10.1 Å². The molecule has 0 fully saturated rings. The Morgan fingerprint density at radius 2 is 1.12 bits per heavy atom. The molecule has 2 aromatic carbocycles. The van der Waals surface area contributed by atoms with Crippen molar-refractivity contribution in [2.75, 3.05) is 0 Å². The number of hydrogen-bond acceptors (Lipinski definition) is 2. The normalized spacial score (nSPS) is 12.0. The highest BCUT2D eigenvalue weighted by molar-refractivity contribution is 7.85. The molecule has 0 aliphatic carbocycles. The lowest BCUT2D eigenvalue weighted by atomic mass is 9.94. The van der Waals surface area contributed by atoms with Crippen molar-refractivity contribution >= 4 is 20.9 Å². The smallest absolute Gasteiger partial charge is 0.282 e. The standard InChI is InChI=1S/C28H44O3S/c1-3-5-7-9-11-13-15-18-24-20-17-21-27-25(19-16-14-12-10-8-6-4-2)22-26(23-28(24)27)32(29,30)31/h17,20-23H,3-16,18-19H2,1-2H3,(H,29,30,31). The first-order chi connectivity index (χ1) is 15.5. The third kappa shape index (κ3) is 9.23. The summed E-state index contributed by atoms with van der Waals surface area (Å²) in [5, 5.41) is 2.13. The van der Waals surface area contributed by atoms with Crippen LogP contribution >= 0.6 is 0 Å². The van der Waals surface area contributed by atoms with Gasteiger partial charge in [-0.05, 0) is 59.7 Å². The van der Waals surface area contributed by atoms with Crippen molar-refractivity contribution in [1.82, 2.24) is 0 Å². The molecule has 0 radical (unpaired) electrons. The first-order valence-corrected chi connectivity index (χ1v) is 14.4. The Kier molecular flexibility index (Phi) is 12.3. The van der Waals surface area contributed by atoms with E-state index in [4.69, 9.17) is 0 Å². The third-order valence-corrected chi connectivity index (χ3v) is 7.37. The van der Waals surface area contributed by atoms with E-state index in [1.165, 1.54) is 82.6 Å². The minimum absolute atomic E-state index is 0.0370. The van der Waals surface area contributed by atoms with Crippen LogP contribution in [0, 0.1) is 0 Å². The molecule has 180 valence electrons. The molecular formula is C28H44O3S. The minimum Gasteiger partial charge on any atom is -0.282 e. The second-order valence-corrected chi connectivity index (χ2v) is 10.7. The van der Waals surface area contributed by atoms with Gasteiger partial charge >= 0.3 is 0 Å². The molecule has 2 rings (SSSR count). The summed E-state index contributed by atoms with van der Waals surface area (Å²) < 4.78 is 33.7. The molecule has 0 saturated heterocycles. The van der Waals surface area contributed by atoms with Gasteiger partial charge in [0.2, 0.25) is 0 Å². The van der Waals surface area contributed by atoms with E-state index >= 15 is 0 Å². The van der Waals surface area contributed by atoms with Crippen molar-refractivity contribution in [3.63, 3.8) is 0 Å². The number of fused-ring (bicyclic) bond motifs is 1. The fourth-order valence-electron chi connectivity index (χ4n) is 4.62. The van der Waals surface area contributed by atoms with Crippen LogP contribution in [0.25, 0.3) is 10.8 Å². The molecule has 0 aliphatic rings. The Bertz CT molecular complexity index is 902. The molecule has 2 aromatic rings. The van der Waals surface area contributed by atoms with Crippen molar-refractivity contribution in [2.24, 2.45) is 0 Å². The van der Waals surface area contributed by atoms with Gasteiger partial charge < -0.3 is 0 Å². The highest BCUT2D eigenvalue weighted by Gasteiger charge is 2.15. The number of hydrogen-bond donors (Lipinski definition) is 1. The maximum absolute atomic E-state index is 12.0. The molecule has 0 unspecified atom stereocenters. The first-order valence-electron chi connectivity index (χ1n) is 13.0. The van der Waals surface area contributed by atoms with E-state index in [0.717, 1.165) is 42.0 Å². The van der Waals surface area contributed by atoms with Crippen LogP contribution < -0.4 is 0 Å². The predicted octanol–water partition coefficient (Wildman–Crippen LogP) is 8.67. The summed E-state index contributed by atoms with van der Waals surface area (Å²) in [7, 11) is -4.22. The zero-order chi connectivity index (χ0) is 23.2. The van der Waals surface area contributed by atoms with E-state index in [0.29, 0.717) is 0 Å². The van der Waals surface area contributed by atoms with Gasteiger partial charge in [0, 0.05) is 0 Å². The average Bonchev–Trinajstić information content (AvgIpc) is 2.77. The maximum Gasteiger partial charge on any atom is 0.294 e. The minimum atomic E-state index is -4.22. The molecule has 32 heavy (non-hydrogen) atoms. The number of benzene rings is 2. The fourth-order valence-corrected chi connectivity index (χ4v) is 5.17. The summed E-state index contributed by atoms with van der Waals surface area (Å²) in [4.78, 5) is 0.0370. The third-order valence-electron chi connectivity index (χ3n) is 6.54. The molecule has 3 nitrogen and oxygen atoms in total. The van der Waals surface area contributed by atoms with Crippen molar-refractivity contribution in [1.29, 1.82) is 0 Å². The highest BCUT2D eigenvalue weighted by Crippen LogP contribution is 2.29. The molecular weight excluding hydrogens is 416 g/mol. The zero-order valence-electron chi connectivity index (χ0n) is 20.4. The van der Waals surface area contributed by atoms with Gasteiger partial charge in [0.25, 0.3) is 10.1 Å². The van der Waals surface area contributed by atoms with Crippen LogP contribution in [0.15, 0.2) is 35.2 Å². The fraction of sp³-hybridized carbons (Fsp3) is 0.643. The lowest BCUT2D eigenvalue weighted by Gasteiger charge is -2.13. The van der Waals surface area contributed by atoms with Crippen molar-refractivity contribution in [3.05, 3.63) is 41.5 Å². The topological polar surface area (TPSA) is 54.4 Å². The van der Waals surface area contributed by atoms with Crippen molar-refractivity contribution in [2.45, 2.75) is 121 Å². The molecule has 0 bridgehead atoms. The first kappa shape index (κ1) is 26.9. The van der Waals surface area contributed by atoms with Gasteiger partial charge in [0.15, 0.2) is 0 Å². The number of rotatable bonds is 17. The van der Waals surface area contributed by atoms with E-state index in [2.05, 4.69) is 32.0 Å². The maximum atomic E-state index is 12.0. The van der Waals surface area contributed by atoms with Gasteiger partial charge in [0.05, 0.1) is 4.90 Å². The van der Waals surface area contributed by atoms with E-state index in [1.807, 2.05) is 0 Å². The van der Waals surface area contributed by atoms with E-state index in [-0.39, 0.29) is 4.90 Å². The second kappa shape index (κ2) is 14.7. The number of unbranched alkanes of at least 4 members (excludes halogenated alkanes) is 12. The predicted molar refractivity (Wildman–Crippen MR) is 137 cm³/mol. The molecule has 0 aliphatic heterocycles. The summed E-state index contributed by atoms with van der Waals surface area (Å²) in [6.45, 7) is 4.47. The summed E-state index contributed by atoms with van der Waals surface area (Å²) in [6.07, 6.45) is 19.2. The van der Waals surface area contributed by atoms with E-state index in [9.17, 15) is 13.0 Å². The van der Waals surface area contributed by atoms with Crippen LogP contribution in [-0.4, -0.2) is 13.0 Å². The van der Waals surface area contributed by atoms with Crippen LogP contribution in [-0.2, 0) is 23.0 Å². The number of aryl methyl sites for hydroxylation is 2. The second-order valence-electron chi connectivity index (χ2n) is 9.31. The lowest BCUT2D eigenvalue weighted by Crippen LogP contribution is -2.01. The Morgan fingerprint density at radius 3 is 1.66 bits per heavy atom. The van der Waals surface area contributed by atoms with Gasteiger partial charge in [-0.3, -0.25) is 4.55 Å². The van der Waals surface area contributed by atoms with Gasteiger partial charge in [-0.2, -0.15) is 8.42 Å². The summed E-state index contributed by atoms with van der Waals surface area (Å²) in [6, 6.07) is 9.68. The van der Waals surface area contributed by atoms with Crippen molar-refractivity contribution in [3.8, 4) is 0 Å². The van der Waals surface area contributed by atoms with Crippen LogP contribution in [0.5, 0.6) is 0 Å². The molecule has 1 N–H and O–H groups in total. The highest BCUT2D eigenvalue weighted by atomic mass is 32.2. The molecule has 0 aromatic heterocycles. The average molecular weight is 461 g/mol. The van der Waals surface area contributed by atoms with Crippen LogP contribution in [0.2, 0.25) is 0 Å². The Hall–Kier alpha value is -1.39. The zero-order valence-corrected chi connectivity index (χ0v) is 21.2. The van der Waals surface area contributed by atoms with Crippen molar-refractivity contribution < 1.29 is 13.0 Å². The monoisotopic (exact) mass is 460 g/mol. The van der Waals surface area contributed by atoms with Crippen LogP contribution in [0.3, 0.4) is 0 Å². The molecule has 0 amide bonds. The lowest BCUT2D eigenvalue weighted by molar-refractivity contribution is 0.483. The Labute approximate surface area is 196 Å². The van der Waals surface area contributed by atoms with Crippen LogP contribution in [0.4, 0.5) is 0 Å². The van der Waals surface area contributed by atoms with Gasteiger partial charge in [0.1, 0.15) is 0 Å². The quantitative estimate of drug-likeness (QED) is 0.190. The Morgan fingerprint density at radius 1 is 0.625 bits per heavy atom. The molecule has 0 heterocycles. The molecule has 0 saturated carbocycles. The summed E-state index contributed by atoms with van der Waals surface area (Å²) in [5.41, 5.74) is 2.24. The van der Waals surface area contributed by atoms with E-state index in [1.54, 1.807) is 12.1 Å². The Balaban J connectivity index is 2.08. The molecule has 0 atom stereocenters. The molecule has 0 spiro atoms. The van der Waals surface area contributed by atoms with Gasteiger partial charge in [-0.1, -0.05) is 109 Å². The summed E-state index contributed by atoms with van der Waals surface area (Å²) >= 11 is 0. The van der Waals surface area contributed by atoms with Crippen LogP contribution in [0.1, 0.15) is 115 Å². The summed E-state index contributed by atoms with van der Waals surface area (Å²) in [5.74, 6) is 0. The van der Waals surface area contributed by atoms with Gasteiger partial charge in [-0.15, -0.1) is 0 Å². The SMILES string of the molecule is CCCCCCCCCc1cc(S(=O)(=O)O)cc2c(CCCCCCCCC)cccc12.